The van der Waals surface area contributed by atoms with Gasteiger partial charge in [-0.1, -0.05) is 48.2 Å². The summed E-state index contributed by atoms with van der Waals surface area (Å²) in [7, 11) is 0. The van der Waals surface area contributed by atoms with Crippen molar-refractivity contribution in [2.24, 2.45) is 0 Å². The fourth-order valence-electron chi connectivity index (χ4n) is 3.91. The molecule has 4 rings (SSSR count). The Kier molecular flexibility index (Phi) is 5.29. The molecule has 0 saturated carbocycles. The van der Waals surface area contributed by atoms with E-state index in [-0.39, 0.29) is 12.2 Å². The zero-order valence-corrected chi connectivity index (χ0v) is 15.5. The third-order valence-electron chi connectivity index (χ3n) is 5.40. The second-order valence-electron chi connectivity index (χ2n) is 7.32. The first kappa shape index (κ1) is 17.9. The van der Waals surface area contributed by atoms with Gasteiger partial charge in [0, 0.05) is 30.6 Å². The van der Waals surface area contributed by atoms with Gasteiger partial charge in [0.1, 0.15) is 18.0 Å². The third-order valence-corrected chi connectivity index (χ3v) is 5.40. The summed E-state index contributed by atoms with van der Waals surface area (Å²) in [5.74, 6) is 6.64. The molecule has 1 N–H and O–H groups in total. The lowest BCUT2D eigenvalue weighted by Crippen LogP contribution is -2.36. The smallest absolute Gasteiger partial charge is 0.129 e. The second-order valence-corrected chi connectivity index (χ2v) is 7.32. The summed E-state index contributed by atoms with van der Waals surface area (Å²) >= 11 is 0. The van der Waals surface area contributed by atoms with Crippen LogP contribution in [0.25, 0.3) is 6.08 Å². The number of hydrogen-bond donors (Lipinski definition) is 1. The Bertz CT molecular complexity index is 875. The van der Waals surface area contributed by atoms with E-state index in [2.05, 4.69) is 59.2 Å². The molecule has 1 saturated heterocycles. The zero-order valence-electron chi connectivity index (χ0n) is 15.5. The van der Waals surface area contributed by atoms with Gasteiger partial charge in [-0.05, 0) is 49.2 Å². The molecule has 0 radical (unpaired) electrons. The molecule has 138 valence electrons. The highest BCUT2D eigenvalue weighted by Crippen LogP contribution is 2.37. The van der Waals surface area contributed by atoms with Crippen LogP contribution in [0.3, 0.4) is 0 Å². The number of aliphatic hydroxyl groups excluding tert-OH is 1. The number of benzene rings is 2. The molecule has 1 spiro atoms. The van der Waals surface area contributed by atoms with Gasteiger partial charge < -0.3 is 9.84 Å². The quantitative estimate of drug-likeness (QED) is 0.827. The molecule has 1 fully saturated rings. The van der Waals surface area contributed by atoms with E-state index in [0.717, 1.165) is 50.2 Å². The van der Waals surface area contributed by atoms with Crippen molar-refractivity contribution >= 4 is 6.08 Å². The fraction of sp³-hybridized carbons (Fsp3) is 0.333. The van der Waals surface area contributed by atoms with Crippen molar-refractivity contribution in [3.63, 3.8) is 0 Å². The number of nitrogens with zero attached hydrogens (tertiary/aromatic N) is 1. The molecule has 2 aromatic carbocycles. The van der Waals surface area contributed by atoms with Crippen LogP contribution in [0.15, 0.2) is 54.6 Å². The van der Waals surface area contributed by atoms with E-state index < -0.39 is 0 Å². The maximum absolute atomic E-state index is 8.79. The Balaban J connectivity index is 1.39. The monoisotopic (exact) mass is 359 g/mol. The number of fused-ring (bicyclic) bond motifs is 1. The van der Waals surface area contributed by atoms with Gasteiger partial charge in [0.05, 0.1) is 0 Å². The van der Waals surface area contributed by atoms with E-state index in [0.29, 0.717) is 0 Å². The average Bonchev–Trinajstić information content (AvgIpc) is 2.90. The van der Waals surface area contributed by atoms with Crippen molar-refractivity contribution in [3.05, 3.63) is 71.3 Å². The van der Waals surface area contributed by atoms with E-state index in [9.17, 15) is 0 Å². The van der Waals surface area contributed by atoms with Gasteiger partial charge in [-0.25, -0.2) is 0 Å². The van der Waals surface area contributed by atoms with Crippen LogP contribution in [0.2, 0.25) is 0 Å². The standard InChI is InChI=1S/C24H25NO2/c26-18-3-5-20-8-10-21(11-9-20)19-25-16-4-13-24(15-17-25)14-12-22-6-1-2-7-23(22)27-24/h1-2,6-12,14,26H,4,13,15-19H2/t24-/m1/s1. The van der Waals surface area contributed by atoms with Crippen LogP contribution in [0.4, 0.5) is 0 Å². The predicted octanol–water partition coefficient (Wildman–Crippen LogP) is 3.86. The minimum atomic E-state index is -0.160. The Hall–Kier alpha value is -2.54. The van der Waals surface area contributed by atoms with Crippen LogP contribution in [-0.4, -0.2) is 35.3 Å². The van der Waals surface area contributed by atoms with Gasteiger partial charge >= 0.3 is 0 Å². The first-order chi connectivity index (χ1) is 13.3. The van der Waals surface area contributed by atoms with E-state index in [1.807, 2.05) is 18.2 Å². The number of aliphatic hydroxyl groups is 1. The average molecular weight is 359 g/mol. The van der Waals surface area contributed by atoms with Gasteiger partial charge in [0.25, 0.3) is 0 Å². The maximum Gasteiger partial charge on any atom is 0.129 e. The highest BCUT2D eigenvalue weighted by atomic mass is 16.5. The summed E-state index contributed by atoms with van der Waals surface area (Å²) in [5, 5.41) is 8.79. The van der Waals surface area contributed by atoms with Crippen molar-refractivity contribution in [1.82, 2.24) is 4.90 Å². The Labute approximate surface area is 161 Å². The van der Waals surface area contributed by atoms with Crippen molar-refractivity contribution in [2.45, 2.75) is 31.4 Å². The Morgan fingerprint density at radius 1 is 1.04 bits per heavy atom. The lowest BCUT2D eigenvalue weighted by molar-refractivity contribution is 0.0990. The van der Waals surface area contributed by atoms with Gasteiger partial charge in [0.2, 0.25) is 0 Å². The molecule has 0 unspecified atom stereocenters. The van der Waals surface area contributed by atoms with Crippen molar-refractivity contribution in [3.8, 4) is 17.6 Å². The molecule has 3 heteroatoms. The van der Waals surface area contributed by atoms with Crippen LogP contribution in [-0.2, 0) is 6.54 Å². The van der Waals surface area contributed by atoms with Crippen molar-refractivity contribution < 1.29 is 9.84 Å². The summed E-state index contributed by atoms with van der Waals surface area (Å²) in [6.45, 7) is 2.97. The normalized spacial score (nSPS) is 21.7. The molecule has 27 heavy (non-hydrogen) atoms. The molecule has 3 nitrogen and oxygen atoms in total. The number of likely N-dealkylation sites (tertiary alicyclic amines) is 1. The largest absolute Gasteiger partial charge is 0.483 e. The Morgan fingerprint density at radius 3 is 2.74 bits per heavy atom. The molecule has 1 atom stereocenters. The third kappa shape index (κ3) is 4.24. The van der Waals surface area contributed by atoms with Crippen LogP contribution >= 0.6 is 0 Å². The highest BCUT2D eigenvalue weighted by Gasteiger charge is 2.34. The molecule has 2 heterocycles. The van der Waals surface area contributed by atoms with Gasteiger partial charge in [-0.2, -0.15) is 0 Å². The minimum absolute atomic E-state index is 0.0989. The topological polar surface area (TPSA) is 32.7 Å². The molecule has 0 amide bonds. The molecular formula is C24H25NO2. The summed E-state index contributed by atoms with van der Waals surface area (Å²) < 4.78 is 6.44. The molecule has 2 aliphatic rings. The number of para-hydroxylation sites is 1. The first-order valence-electron chi connectivity index (χ1n) is 9.65. The van der Waals surface area contributed by atoms with Crippen molar-refractivity contribution in [2.75, 3.05) is 19.7 Å². The van der Waals surface area contributed by atoms with Gasteiger partial charge in [-0.15, -0.1) is 0 Å². The van der Waals surface area contributed by atoms with E-state index in [4.69, 9.17) is 9.84 Å². The van der Waals surface area contributed by atoms with Crippen LogP contribution < -0.4 is 4.74 Å². The van der Waals surface area contributed by atoms with Crippen LogP contribution in [0.5, 0.6) is 5.75 Å². The predicted molar refractivity (Wildman–Crippen MR) is 108 cm³/mol. The highest BCUT2D eigenvalue weighted by molar-refractivity contribution is 5.60. The van der Waals surface area contributed by atoms with E-state index >= 15 is 0 Å². The Morgan fingerprint density at radius 2 is 1.89 bits per heavy atom. The summed E-state index contributed by atoms with van der Waals surface area (Å²) in [4.78, 5) is 2.51. The summed E-state index contributed by atoms with van der Waals surface area (Å²) in [5.41, 5.74) is 3.26. The molecule has 0 aliphatic carbocycles. The number of hydrogen-bond acceptors (Lipinski definition) is 3. The molecule has 0 aromatic heterocycles. The SMILES string of the molecule is OCC#Cc1ccc(CN2CCC[C@@]3(C=Cc4ccccc4O3)CC2)cc1. The first-order valence-corrected chi connectivity index (χ1v) is 9.65. The van der Waals surface area contributed by atoms with Crippen LogP contribution in [0, 0.1) is 11.8 Å². The summed E-state index contributed by atoms with van der Waals surface area (Å²) in [6, 6.07) is 16.6. The lowest BCUT2D eigenvalue weighted by atomic mass is 9.91. The fourth-order valence-corrected chi connectivity index (χ4v) is 3.91. The lowest BCUT2D eigenvalue weighted by Gasteiger charge is -2.34. The van der Waals surface area contributed by atoms with Gasteiger partial charge in [-0.3, -0.25) is 4.90 Å². The zero-order chi connectivity index (χ0) is 18.5. The molecule has 2 aliphatic heterocycles. The van der Waals surface area contributed by atoms with Gasteiger partial charge in [0.15, 0.2) is 0 Å². The summed E-state index contributed by atoms with van der Waals surface area (Å²) in [6.07, 6.45) is 7.70. The minimum Gasteiger partial charge on any atom is -0.483 e. The molecule has 0 bridgehead atoms. The number of ether oxygens (including phenoxy) is 1. The van der Waals surface area contributed by atoms with E-state index in [1.54, 1.807) is 0 Å². The number of rotatable bonds is 2. The second kappa shape index (κ2) is 8.00. The van der Waals surface area contributed by atoms with E-state index in [1.165, 1.54) is 11.1 Å². The molecule has 2 aromatic rings. The van der Waals surface area contributed by atoms with Crippen molar-refractivity contribution in [1.29, 1.82) is 0 Å². The maximum atomic E-state index is 8.79. The molecular weight excluding hydrogens is 334 g/mol. The van der Waals surface area contributed by atoms with Crippen LogP contribution in [0.1, 0.15) is 36.0 Å².